The van der Waals surface area contributed by atoms with E-state index in [-0.39, 0.29) is 31.5 Å². The molecule has 0 saturated carbocycles. The molecule has 1 saturated heterocycles. The van der Waals surface area contributed by atoms with Gasteiger partial charge in [-0.3, -0.25) is 0 Å². The van der Waals surface area contributed by atoms with Crippen LogP contribution in [0.3, 0.4) is 0 Å². The molecule has 0 bridgehead atoms. The molecule has 35 heavy (non-hydrogen) atoms. The van der Waals surface area contributed by atoms with Crippen LogP contribution in [-0.2, 0) is 23.7 Å². The maximum absolute atomic E-state index is 12.4. The van der Waals surface area contributed by atoms with Crippen LogP contribution in [0.25, 0.3) is 11.1 Å². The smallest absolute Gasteiger partial charge is 0.407 e. The zero-order chi connectivity index (χ0) is 24.6. The Morgan fingerprint density at radius 2 is 1.77 bits per heavy atom. The van der Waals surface area contributed by atoms with Gasteiger partial charge in [0.05, 0.1) is 12.7 Å². The Kier molecular flexibility index (Phi) is 8.74. The summed E-state index contributed by atoms with van der Waals surface area (Å²) < 4.78 is 22.4. The van der Waals surface area contributed by atoms with Crippen LogP contribution in [0.15, 0.2) is 48.5 Å². The van der Waals surface area contributed by atoms with Crippen LogP contribution in [0.1, 0.15) is 49.7 Å². The van der Waals surface area contributed by atoms with Gasteiger partial charge in [-0.1, -0.05) is 48.5 Å². The second-order valence-electron chi connectivity index (χ2n) is 8.97. The van der Waals surface area contributed by atoms with Crippen molar-refractivity contribution in [1.82, 2.24) is 5.32 Å². The number of benzene rings is 2. The average Bonchev–Trinajstić information content (AvgIpc) is 3.19. The number of amides is 1. The van der Waals surface area contributed by atoms with Gasteiger partial charge in [0.1, 0.15) is 6.61 Å². The SMILES string of the molecule is C[C@H](CCOC[C@H](NC(=O)OCC1c2ccccc2-c2ccccc21)C(=O)O)OC1CCCCO1. The monoisotopic (exact) mass is 483 g/mol. The van der Waals surface area contributed by atoms with E-state index in [1.165, 1.54) is 0 Å². The number of fused-ring (bicyclic) bond motifs is 3. The number of carbonyl (C=O) groups is 2. The van der Waals surface area contributed by atoms with Crippen LogP contribution < -0.4 is 5.32 Å². The lowest BCUT2D eigenvalue weighted by Crippen LogP contribution is -2.44. The quantitative estimate of drug-likeness (QED) is 0.459. The average molecular weight is 484 g/mol. The van der Waals surface area contributed by atoms with Crippen molar-refractivity contribution in [3.63, 3.8) is 0 Å². The van der Waals surface area contributed by atoms with Gasteiger partial charge in [0.2, 0.25) is 0 Å². The predicted molar refractivity (Wildman–Crippen MR) is 129 cm³/mol. The van der Waals surface area contributed by atoms with Gasteiger partial charge in [-0.2, -0.15) is 0 Å². The topological polar surface area (TPSA) is 103 Å². The highest BCUT2D eigenvalue weighted by molar-refractivity contribution is 5.81. The molecule has 2 aliphatic rings. The highest BCUT2D eigenvalue weighted by atomic mass is 16.7. The lowest BCUT2D eigenvalue weighted by molar-refractivity contribution is -0.187. The molecule has 0 aromatic heterocycles. The molecule has 1 fully saturated rings. The molecular formula is C27H33NO7. The predicted octanol–water partition coefficient (Wildman–Crippen LogP) is 4.32. The highest BCUT2D eigenvalue weighted by Gasteiger charge is 2.30. The van der Waals surface area contributed by atoms with E-state index in [2.05, 4.69) is 17.4 Å². The molecule has 2 N–H and O–H groups in total. The molecule has 0 spiro atoms. The lowest BCUT2D eigenvalue weighted by atomic mass is 9.98. The van der Waals surface area contributed by atoms with Crippen LogP contribution in [-0.4, -0.2) is 62.0 Å². The van der Waals surface area contributed by atoms with Crippen molar-refractivity contribution in [2.24, 2.45) is 0 Å². The minimum atomic E-state index is -1.21. The largest absolute Gasteiger partial charge is 0.480 e. The summed E-state index contributed by atoms with van der Waals surface area (Å²) in [6.07, 6.45) is 2.60. The number of hydrogen-bond acceptors (Lipinski definition) is 6. The van der Waals surface area contributed by atoms with Gasteiger partial charge < -0.3 is 29.4 Å². The fourth-order valence-electron chi connectivity index (χ4n) is 4.55. The first-order chi connectivity index (χ1) is 17.0. The number of rotatable bonds is 11. The third-order valence-electron chi connectivity index (χ3n) is 6.41. The fourth-order valence-corrected chi connectivity index (χ4v) is 4.55. The van der Waals surface area contributed by atoms with E-state index in [1.54, 1.807) is 0 Å². The summed E-state index contributed by atoms with van der Waals surface area (Å²) in [6, 6.07) is 14.9. The third kappa shape index (κ3) is 6.60. The molecule has 0 radical (unpaired) electrons. The normalized spacial score (nSPS) is 18.8. The number of aliphatic carboxylic acids is 1. The maximum atomic E-state index is 12.4. The summed E-state index contributed by atoms with van der Waals surface area (Å²) in [5, 5.41) is 11.9. The van der Waals surface area contributed by atoms with Crippen LogP contribution in [0.4, 0.5) is 4.79 Å². The molecule has 3 atom stereocenters. The zero-order valence-corrected chi connectivity index (χ0v) is 20.0. The summed E-state index contributed by atoms with van der Waals surface area (Å²) in [5.41, 5.74) is 4.44. The Labute approximate surface area is 205 Å². The van der Waals surface area contributed by atoms with E-state index >= 15 is 0 Å². The molecule has 1 heterocycles. The molecule has 188 valence electrons. The molecule has 2 aromatic carbocycles. The van der Waals surface area contributed by atoms with Crippen molar-refractivity contribution in [2.75, 3.05) is 26.4 Å². The molecule has 1 aliphatic carbocycles. The van der Waals surface area contributed by atoms with Gasteiger partial charge in [-0.25, -0.2) is 9.59 Å². The van der Waals surface area contributed by atoms with Crippen molar-refractivity contribution < 1.29 is 33.6 Å². The van der Waals surface area contributed by atoms with E-state index in [4.69, 9.17) is 18.9 Å². The Balaban J connectivity index is 1.22. The number of carbonyl (C=O) groups excluding carboxylic acids is 1. The van der Waals surface area contributed by atoms with Crippen LogP contribution in [0, 0.1) is 0 Å². The Bertz CT molecular complexity index is 959. The number of alkyl carbamates (subject to hydrolysis) is 1. The summed E-state index contributed by atoms with van der Waals surface area (Å²) in [4.78, 5) is 24.0. The lowest BCUT2D eigenvalue weighted by Gasteiger charge is -2.26. The van der Waals surface area contributed by atoms with Crippen molar-refractivity contribution in [1.29, 1.82) is 0 Å². The number of ether oxygens (including phenoxy) is 4. The molecule has 1 aliphatic heterocycles. The number of nitrogens with one attached hydrogen (secondary N) is 1. The maximum Gasteiger partial charge on any atom is 0.407 e. The molecule has 1 amide bonds. The first-order valence-electron chi connectivity index (χ1n) is 12.2. The van der Waals surface area contributed by atoms with Gasteiger partial charge in [0.15, 0.2) is 12.3 Å². The van der Waals surface area contributed by atoms with Crippen LogP contribution in [0.5, 0.6) is 0 Å². The van der Waals surface area contributed by atoms with Crippen molar-refractivity contribution >= 4 is 12.1 Å². The molecule has 8 nitrogen and oxygen atoms in total. The van der Waals surface area contributed by atoms with E-state index in [1.807, 2.05) is 43.3 Å². The summed E-state index contributed by atoms with van der Waals surface area (Å²) in [5.74, 6) is -1.28. The third-order valence-corrected chi connectivity index (χ3v) is 6.41. The highest BCUT2D eigenvalue weighted by Crippen LogP contribution is 2.44. The second kappa shape index (κ2) is 12.2. The Morgan fingerprint density at radius 3 is 2.40 bits per heavy atom. The first-order valence-corrected chi connectivity index (χ1v) is 12.2. The number of carboxylic acid groups (broad SMARTS) is 1. The van der Waals surface area contributed by atoms with Crippen LogP contribution >= 0.6 is 0 Å². The Hall–Kier alpha value is -2.94. The minimum absolute atomic E-state index is 0.0727. The summed E-state index contributed by atoms with van der Waals surface area (Å²) in [6.45, 7) is 2.92. The molecule has 4 rings (SSSR count). The minimum Gasteiger partial charge on any atom is -0.480 e. The Morgan fingerprint density at radius 1 is 1.09 bits per heavy atom. The van der Waals surface area contributed by atoms with Crippen molar-refractivity contribution in [3.8, 4) is 11.1 Å². The second-order valence-corrected chi connectivity index (χ2v) is 8.97. The molecule has 8 heteroatoms. The van der Waals surface area contributed by atoms with Gasteiger partial charge in [-0.15, -0.1) is 0 Å². The van der Waals surface area contributed by atoms with Crippen molar-refractivity contribution in [3.05, 3.63) is 59.7 Å². The molecular weight excluding hydrogens is 450 g/mol. The van der Waals surface area contributed by atoms with Crippen LogP contribution in [0.2, 0.25) is 0 Å². The van der Waals surface area contributed by atoms with Gasteiger partial charge >= 0.3 is 12.1 Å². The van der Waals surface area contributed by atoms with E-state index < -0.39 is 18.1 Å². The van der Waals surface area contributed by atoms with Gasteiger partial charge in [0.25, 0.3) is 0 Å². The van der Waals surface area contributed by atoms with E-state index in [0.717, 1.165) is 48.1 Å². The summed E-state index contributed by atoms with van der Waals surface area (Å²) >= 11 is 0. The van der Waals surface area contributed by atoms with Gasteiger partial charge in [-0.05, 0) is 54.9 Å². The van der Waals surface area contributed by atoms with Crippen molar-refractivity contribution in [2.45, 2.75) is 57.0 Å². The zero-order valence-electron chi connectivity index (χ0n) is 20.0. The molecule has 2 aromatic rings. The molecule has 1 unspecified atom stereocenters. The standard InChI is InChI=1S/C27H33NO7/c1-18(35-25-12-6-7-14-33-25)13-15-32-17-24(26(29)30)28-27(31)34-16-23-21-10-4-2-8-19(21)20-9-3-5-11-22(20)23/h2-5,8-11,18,23-25H,6-7,12-17H2,1H3,(H,28,31)(H,29,30)/t18-,24+,25?/m1/s1. The number of hydrogen-bond donors (Lipinski definition) is 2. The van der Waals surface area contributed by atoms with Gasteiger partial charge in [0, 0.05) is 19.1 Å². The number of carboxylic acids is 1. The summed E-state index contributed by atoms with van der Waals surface area (Å²) in [7, 11) is 0. The van der Waals surface area contributed by atoms with E-state index in [0.29, 0.717) is 13.0 Å². The first kappa shape index (κ1) is 25.2. The fraction of sp³-hybridized carbons (Fsp3) is 0.481. The van der Waals surface area contributed by atoms with E-state index in [9.17, 15) is 14.7 Å².